The molecule has 0 saturated heterocycles. The summed E-state index contributed by atoms with van der Waals surface area (Å²) in [5.41, 5.74) is 1.84. The summed E-state index contributed by atoms with van der Waals surface area (Å²) in [5, 5.41) is 5.54. The molecule has 1 aliphatic heterocycles. The van der Waals surface area contributed by atoms with Gasteiger partial charge in [0.1, 0.15) is 5.75 Å². The first-order chi connectivity index (χ1) is 12.5. The van der Waals surface area contributed by atoms with E-state index < -0.39 is 12.0 Å². The molecule has 0 radical (unpaired) electrons. The zero-order valence-electron chi connectivity index (χ0n) is 15.9. The van der Waals surface area contributed by atoms with Gasteiger partial charge in [0.05, 0.1) is 24.3 Å². The van der Waals surface area contributed by atoms with E-state index in [0.29, 0.717) is 24.3 Å². The second-order valence-electron chi connectivity index (χ2n) is 6.50. The standard InChI is InChI=1S/C20H28N2O4/c1-5-7-12-25-15-10-8-14(9-11-15)18-17(19(23)26-13(3)4)16(6-2)21-20(24)22-18/h8-11,13,18H,5-7,12H2,1-4H3,(H2,21,22,24). The number of hydrogen-bond acceptors (Lipinski definition) is 4. The molecule has 2 rings (SSSR count). The predicted molar refractivity (Wildman–Crippen MR) is 99.8 cm³/mol. The lowest BCUT2D eigenvalue weighted by molar-refractivity contribution is -0.143. The monoisotopic (exact) mass is 360 g/mol. The molecule has 1 atom stereocenters. The summed E-state index contributed by atoms with van der Waals surface area (Å²) in [6, 6.07) is 6.58. The lowest BCUT2D eigenvalue weighted by atomic mass is 9.94. The molecule has 6 heteroatoms. The van der Waals surface area contributed by atoms with Crippen molar-refractivity contribution in [2.45, 2.75) is 59.1 Å². The highest BCUT2D eigenvalue weighted by molar-refractivity contribution is 5.95. The Morgan fingerprint density at radius 3 is 2.46 bits per heavy atom. The average molecular weight is 360 g/mol. The molecule has 1 aromatic carbocycles. The molecular formula is C20H28N2O4. The second kappa shape index (κ2) is 9.27. The molecule has 26 heavy (non-hydrogen) atoms. The predicted octanol–water partition coefficient (Wildman–Crippen LogP) is 3.84. The van der Waals surface area contributed by atoms with Crippen LogP contribution in [0.4, 0.5) is 4.79 Å². The summed E-state index contributed by atoms with van der Waals surface area (Å²) in [6.07, 6.45) is 2.37. The zero-order valence-corrected chi connectivity index (χ0v) is 15.9. The van der Waals surface area contributed by atoms with Crippen molar-refractivity contribution >= 4 is 12.0 Å². The molecule has 0 aliphatic carbocycles. The molecule has 6 nitrogen and oxygen atoms in total. The van der Waals surface area contributed by atoms with Crippen LogP contribution in [0, 0.1) is 0 Å². The molecule has 0 saturated carbocycles. The van der Waals surface area contributed by atoms with Gasteiger partial charge in [0.15, 0.2) is 0 Å². The Hall–Kier alpha value is -2.50. The van der Waals surface area contributed by atoms with Crippen LogP contribution in [0.15, 0.2) is 35.5 Å². The minimum atomic E-state index is -0.547. The number of benzene rings is 1. The van der Waals surface area contributed by atoms with Crippen LogP contribution in [0.5, 0.6) is 5.75 Å². The number of nitrogens with one attached hydrogen (secondary N) is 2. The summed E-state index contributed by atoms with van der Waals surface area (Å²) >= 11 is 0. The van der Waals surface area contributed by atoms with Crippen LogP contribution in [0.2, 0.25) is 0 Å². The number of rotatable bonds is 8. The molecule has 0 fully saturated rings. The van der Waals surface area contributed by atoms with Gasteiger partial charge in [0.2, 0.25) is 0 Å². The average Bonchev–Trinajstić information content (AvgIpc) is 2.61. The first-order valence-electron chi connectivity index (χ1n) is 9.20. The van der Waals surface area contributed by atoms with Crippen molar-refractivity contribution in [3.8, 4) is 5.75 Å². The number of esters is 1. The minimum absolute atomic E-state index is 0.235. The third-order valence-corrected chi connectivity index (χ3v) is 4.05. The Labute approximate surface area is 154 Å². The Morgan fingerprint density at radius 2 is 1.88 bits per heavy atom. The fourth-order valence-electron chi connectivity index (χ4n) is 2.76. The third kappa shape index (κ3) is 5.00. The zero-order chi connectivity index (χ0) is 19.1. The number of ether oxygens (including phenoxy) is 2. The first-order valence-corrected chi connectivity index (χ1v) is 9.20. The number of amides is 2. The highest BCUT2D eigenvalue weighted by Gasteiger charge is 2.33. The van der Waals surface area contributed by atoms with Crippen molar-refractivity contribution in [2.24, 2.45) is 0 Å². The lowest BCUT2D eigenvalue weighted by Crippen LogP contribution is -2.46. The van der Waals surface area contributed by atoms with Gasteiger partial charge < -0.3 is 20.1 Å². The number of urea groups is 1. The molecule has 0 aromatic heterocycles. The Kier molecular flexibility index (Phi) is 7.06. The number of hydrogen-bond donors (Lipinski definition) is 2. The van der Waals surface area contributed by atoms with Crippen LogP contribution in [0.3, 0.4) is 0 Å². The van der Waals surface area contributed by atoms with Crippen LogP contribution in [0.1, 0.15) is 58.6 Å². The van der Waals surface area contributed by atoms with Gasteiger partial charge in [-0.15, -0.1) is 0 Å². The van der Waals surface area contributed by atoms with Gasteiger partial charge in [0.25, 0.3) is 0 Å². The van der Waals surface area contributed by atoms with Gasteiger partial charge in [-0.1, -0.05) is 32.4 Å². The minimum Gasteiger partial charge on any atom is -0.494 e. The molecule has 1 aromatic rings. The molecule has 2 amide bonds. The summed E-state index contributed by atoms with van der Waals surface area (Å²) in [7, 11) is 0. The van der Waals surface area contributed by atoms with E-state index in [1.54, 1.807) is 13.8 Å². The van der Waals surface area contributed by atoms with E-state index in [9.17, 15) is 9.59 Å². The third-order valence-electron chi connectivity index (χ3n) is 4.05. The van der Waals surface area contributed by atoms with Gasteiger partial charge in [-0.25, -0.2) is 9.59 Å². The fraction of sp³-hybridized carbons (Fsp3) is 0.500. The van der Waals surface area contributed by atoms with E-state index in [-0.39, 0.29) is 12.1 Å². The maximum Gasteiger partial charge on any atom is 0.338 e. The number of unbranched alkanes of at least 4 members (excludes halogenated alkanes) is 1. The normalized spacial score (nSPS) is 17.0. The van der Waals surface area contributed by atoms with Crippen LogP contribution in [0.25, 0.3) is 0 Å². The molecule has 0 bridgehead atoms. The number of carbonyl (C=O) groups is 2. The smallest absolute Gasteiger partial charge is 0.338 e. The Morgan fingerprint density at radius 1 is 1.19 bits per heavy atom. The van der Waals surface area contributed by atoms with Crippen LogP contribution < -0.4 is 15.4 Å². The summed E-state index contributed by atoms with van der Waals surface area (Å²) in [5.74, 6) is 0.353. The molecule has 2 N–H and O–H groups in total. The highest BCUT2D eigenvalue weighted by Crippen LogP contribution is 2.30. The van der Waals surface area contributed by atoms with Gasteiger partial charge in [-0.3, -0.25) is 0 Å². The highest BCUT2D eigenvalue weighted by atomic mass is 16.5. The van der Waals surface area contributed by atoms with E-state index in [0.717, 1.165) is 24.2 Å². The SMILES string of the molecule is CCCCOc1ccc(C2NC(=O)NC(CC)=C2C(=O)OC(C)C)cc1. The number of allylic oxidation sites excluding steroid dienone is 1. The Bertz CT molecular complexity index is 665. The molecule has 1 unspecified atom stereocenters. The second-order valence-corrected chi connectivity index (χ2v) is 6.50. The van der Waals surface area contributed by atoms with E-state index in [1.807, 2.05) is 31.2 Å². The number of carbonyl (C=O) groups excluding carboxylic acids is 2. The molecule has 142 valence electrons. The van der Waals surface area contributed by atoms with Crippen molar-refractivity contribution in [3.05, 3.63) is 41.1 Å². The van der Waals surface area contributed by atoms with Crippen molar-refractivity contribution < 1.29 is 19.1 Å². The van der Waals surface area contributed by atoms with Crippen molar-refractivity contribution in [1.29, 1.82) is 0 Å². The van der Waals surface area contributed by atoms with E-state index in [4.69, 9.17) is 9.47 Å². The van der Waals surface area contributed by atoms with E-state index in [2.05, 4.69) is 17.6 Å². The molecular weight excluding hydrogens is 332 g/mol. The topological polar surface area (TPSA) is 76.7 Å². The van der Waals surface area contributed by atoms with Gasteiger partial charge in [-0.05, 0) is 44.4 Å². The van der Waals surface area contributed by atoms with E-state index >= 15 is 0 Å². The maximum atomic E-state index is 12.6. The summed E-state index contributed by atoms with van der Waals surface area (Å²) in [6.45, 7) is 8.28. The van der Waals surface area contributed by atoms with Crippen LogP contribution in [-0.2, 0) is 9.53 Å². The van der Waals surface area contributed by atoms with Crippen molar-refractivity contribution in [1.82, 2.24) is 10.6 Å². The summed E-state index contributed by atoms with van der Waals surface area (Å²) in [4.78, 5) is 24.6. The molecule has 1 aliphatic rings. The van der Waals surface area contributed by atoms with Gasteiger partial charge in [-0.2, -0.15) is 0 Å². The van der Waals surface area contributed by atoms with Gasteiger partial charge >= 0.3 is 12.0 Å². The van der Waals surface area contributed by atoms with Crippen LogP contribution >= 0.6 is 0 Å². The van der Waals surface area contributed by atoms with Crippen molar-refractivity contribution in [2.75, 3.05) is 6.61 Å². The van der Waals surface area contributed by atoms with Crippen molar-refractivity contribution in [3.63, 3.8) is 0 Å². The Balaban J connectivity index is 2.28. The van der Waals surface area contributed by atoms with Gasteiger partial charge in [0, 0.05) is 5.70 Å². The fourth-order valence-corrected chi connectivity index (χ4v) is 2.76. The quantitative estimate of drug-likeness (QED) is 0.545. The van der Waals surface area contributed by atoms with Crippen LogP contribution in [-0.4, -0.2) is 24.7 Å². The first kappa shape index (κ1) is 19.8. The van der Waals surface area contributed by atoms with E-state index in [1.165, 1.54) is 0 Å². The molecule has 0 spiro atoms. The lowest BCUT2D eigenvalue weighted by Gasteiger charge is -2.29. The largest absolute Gasteiger partial charge is 0.494 e. The molecule has 1 heterocycles. The summed E-state index contributed by atoms with van der Waals surface area (Å²) < 4.78 is 11.1. The maximum absolute atomic E-state index is 12.6.